The molecule has 0 fully saturated rings. The minimum Gasteiger partial charge on any atom is -0.459 e. The zero-order chi connectivity index (χ0) is 19.2. The predicted octanol–water partition coefficient (Wildman–Crippen LogP) is 2.31. The number of nitrogens with zero attached hydrogens (tertiary/aromatic N) is 2. The van der Waals surface area contributed by atoms with Crippen molar-refractivity contribution >= 4 is 45.6 Å². The molecule has 0 atom stereocenters. The molecule has 1 aromatic carbocycles. The molecule has 2 heterocycles. The first-order valence-corrected chi connectivity index (χ1v) is 9.80. The van der Waals surface area contributed by atoms with Gasteiger partial charge in [-0.05, 0) is 12.1 Å². The number of carbonyl (C=O) groups is 2. The molecule has 0 aliphatic heterocycles. The molecule has 2 aromatic heterocycles. The Balaban J connectivity index is 1.42. The second-order valence-electron chi connectivity index (χ2n) is 5.32. The molecule has 140 valence electrons. The number of esters is 1. The third kappa shape index (κ3) is 5.14. The number of anilines is 1. The van der Waals surface area contributed by atoms with Crippen LogP contribution in [-0.4, -0.2) is 32.8 Å². The monoisotopic (exact) mass is 407 g/mol. The fourth-order valence-corrected chi connectivity index (χ4v) is 3.48. The highest BCUT2D eigenvalue weighted by Gasteiger charge is 2.10. The molecule has 1 N–H and O–H groups in total. The molecule has 10 heteroatoms. The van der Waals surface area contributed by atoms with Gasteiger partial charge < -0.3 is 10.1 Å². The van der Waals surface area contributed by atoms with Crippen molar-refractivity contribution in [3.63, 3.8) is 0 Å². The smallest absolute Gasteiger partial charge is 0.316 e. The lowest BCUT2D eigenvalue weighted by atomic mass is 10.3. The van der Waals surface area contributed by atoms with Crippen LogP contribution in [0.5, 0.6) is 0 Å². The van der Waals surface area contributed by atoms with Crippen molar-refractivity contribution in [3.8, 4) is 0 Å². The molecular weight excluding hydrogens is 393 g/mol. The van der Waals surface area contributed by atoms with E-state index in [1.54, 1.807) is 17.6 Å². The average molecular weight is 407 g/mol. The average Bonchev–Trinajstić information content (AvgIpc) is 3.11. The van der Waals surface area contributed by atoms with Crippen LogP contribution in [0.3, 0.4) is 0 Å². The lowest BCUT2D eigenvalue weighted by molar-refractivity contribution is -0.141. The Morgan fingerprint density at radius 1 is 1.30 bits per heavy atom. The second-order valence-corrected chi connectivity index (χ2v) is 7.18. The molecule has 3 rings (SSSR count). The number of hydrogen-bond donors (Lipinski definition) is 1. The van der Waals surface area contributed by atoms with Gasteiger partial charge in [-0.2, -0.15) is 0 Å². The number of fused-ring (bicyclic) bond motifs is 1. The zero-order valence-electron chi connectivity index (χ0n) is 13.9. The maximum Gasteiger partial charge on any atom is 0.316 e. The van der Waals surface area contributed by atoms with E-state index in [0.717, 1.165) is 11.8 Å². The predicted molar refractivity (Wildman–Crippen MR) is 101 cm³/mol. The number of rotatable bonds is 7. The molecule has 0 saturated carbocycles. The highest BCUT2D eigenvalue weighted by molar-refractivity contribution is 8.00. The van der Waals surface area contributed by atoms with Crippen LogP contribution in [0.1, 0.15) is 5.69 Å². The Morgan fingerprint density at radius 3 is 2.93 bits per heavy atom. The minimum atomic E-state index is -0.535. The molecule has 0 spiro atoms. The quantitative estimate of drug-likeness (QED) is 0.605. The van der Waals surface area contributed by atoms with Gasteiger partial charge in [-0.3, -0.25) is 18.8 Å². The van der Waals surface area contributed by atoms with Crippen LogP contribution in [0, 0.1) is 5.82 Å². The third-order valence-electron chi connectivity index (χ3n) is 3.34. The number of nitrogens with one attached hydrogen (secondary N) is 1. The maximum atomic E-state index is 13.4. The minimum absolute atomic E-state index is 0.0236. The number of benzene rings is 1. The van der Waals surface area contributed by atoms with Crippen LogP contribution in [0.4, 0.5) is 10.1 Å². The number of carbonyl (C=O) groups excluding carboxylic acids is 2. The molecule has 0 bridgehead atoms. The van der Waals surface area contributed by atoms with Crippen molar-refractivity contribution in [2.45, 2.75) is 6.61 Å². The Labute approximate surface area is 161 Å². The van der Waals surface area contributed by atoms with Crippen molar-refractivity contribution < 1.29 is 18.7 Å². The first-order chi connectivity index (χ1) is 13.0. The number of para-hydroxylation sites is 1. The second kappa shape index (κ2) is 8.78. The number of amides is 1. The first kappa shape index (κ1) is 19.1. The SMILES string of the molecule is O=C(CSCC(=O)OCc1cc(=O)n2ccsc2n1)Nc1ccccc1F. The lowest BCUT2D eigenvalue weighted by Gasteiger charge is -2.06. The van der Waals surface area contributed by atoms with Crippen molar-refractivity contribution in [1.29, 1.82) is 0 Å². The van der Waals surface area contributed by atoms with E-state index < -0.39 is 17.7 Å². The van der Waals surface area contributed by atoms with E-state index in [9.17, 15) is 18.8 Å². The van der Waals surface area contributed by atoms with Gasteiger partial charge in [0.05, 0.1) is 22.9 Å². The summed E-state index contributed by atoms with van der Waals surface area (Å²) in [6.07, 6.45) is 1.62. The van der Waals surface area contributed by atoms with E-state index in [0.29, 0.717) is 10.7 Å². The van der Waals surface area contributed by atoms with Gasteiger partial charge in [0, 0.05) is 17.6 Å². The molecule has 0 radical (unpaired) electrons. The van der Waals surface area contributed by atoms with Crippen molar-refractivity contribution in [1.82, 2.24) is 9.38 Å². The fraction of sp³-hybridized carbons (Fsp3) is 0.176. The van der Waals surface area contributed by atoms with E-state index in [1.807, 2.05) is 0 Å². The van der Waals surface area contributed by atoms with Gasteiger partial charge >= 0.3 is 5.97 Å². The van der Waals surface area contributed by atoms with E-state index >= 15 is 0 Å². The molecule has 7 nitrogen and oxygen atoms in total. The van der Waals surface area contributed by atoms with E-state index in [4.69, 9.17) is 4.74 Å². The lowest BCUT2D eigenvalue weighted by Crippen LogP contribution is -2.17. The summed E-state index contributed by atoms with van der Waals surface area (Å²) in [5, 5.41) is 4.17. The standard InChI is InChI=1S/C17H14FN3O4S2/c18-12-3-1-2-4-13(12)20-14(22)9-26-10-16(24)25-8-11-7-15(23)21-5-6-27-17(21)19-11/h1-7H,8-10H2,(H,20,22). The Hall–Kier alpha value is -2.72. The molecule has 0 aliphatic rings. The van der Waals surface area contributed by atoms with Gasteiger partial charge in [-0.1, -0.05) is 12.1 Å². The number of hydrogen-bond acceptors (Lipinski definition) is 7. The number of halogens is 1. The number of ether oxygens (including phenoxy) is 1. The van der Waals surface area contributed by atoms with E-state index in [2.05, 4.69) is 10.3 Å². The van der Waals surface area contributed by atoms with Gasteiger partial charge in [-0.25, -0.2) is 9.37 Å². The molecule has 1 amide bonds. The molecule has 0 unspecified atom stereocenters. The van der Waals surface area contributed by atoms with Gasteiger partial charge in [-0.15, -0.1) is 23.1 Å². The number of aromatic nitrogens is 2. The number of thiazole rings is 1. The highest BCUT2D eigenvalue weighted by Crippen LogP contribution is 2.13. The molecule has 27 heavy (non-hydrogen) atoms. The normalized spacial score (nSPS) is 10.7. The summed E-state index contributed by atoms with van der Waals surface area (Å²) in [6, 6.07) is 7.13. The molecule has 3 aromatic rings. The highest BCUT2D eigenvalue weighted by atomic mass is 32.2. The maximum absolute atomic E-state index is 13.4. The van der Waals surface area contributed by atoms with Gasteiger partial charge in [0.25, 0.3) is 5.56 Å². The zero-order valence-corrected chi connectivity index (χ0v) is 15.5. The summed E-state index contributed by atoms with van der Waals surface area (Å²) < 4.78 is 19.9. The van der Waals surface area contributed by atoms with Crippen molar-refractivity contribution in [3.05, 3.63) is 63.8 Å². The van der Waals surface area contributed by atoms with Crippen LogP contribution < -0.4 is 10.9 Å². The Morgan fingerprint density at radius 2 is 2.11 bits per heavy atom. The van der Waals surface area contributed by atoms with Gasteiger partial charge in [0.15, 0.2) is 4.96 Å². The molecule has 0 saturated heterocycles. The number of thioether (sulfide) groups is 1. The summed E-state index contributed by atoms with van der Waals surface area (Å²) in [5.74, 6) is -1.56. The van der Waals surface area contributed by atoms with Crippen LogP contribution in [-0.2, 0) is 20.9 Å². The molecule has 0 aliphatic carbocycles. The van der Waals surface area contributed by atoms with Crippen molar-refractivity contribution in [2.24, 2.45) is 0 Å². The van der Waals surface area contributed by atoms with E-state index in [-0.39, 0.29) is 29.4 Å². The molecular formula is C17H14FN3O4S2. The van der Waals surface area contributed by atoms with Crippen LogP contribution in [0.2, 0.25) is 0 Å². The van der Waals surface area contributed by atoms with Crippen LogP contribution in [0.15, 0.2) is 46.7 Å². The topological polar surface area (TPSA) is 89.8 Å². The summed E-state index contributed by atoms with van der Waals surface area (Å²) in [6.45, 7) is -0.121. The summed E-state index contributed by atoms with van der Waals surface area (Å²) in [7, 11) is 0. The first-order valence-electron chi connectivity index (χ1n) is 7.76. The Kier molecular flexibility index (Phi) is 6.20. The van der Waals surface area contributed by atoms with Gasteiger partial charge in [0.2, 0.25) is 5.91 Å². The van der Waals surface area contributed by atoms with Crippen molar-refractivity contribution in [2.75, 3.05) is 16.8 Å². The summed E-state index contributed by atoms with van der Waals surface area (Å²) >= 11 is 2.35. The largest absolute Gasteiger partial charge is 0.459 e. The summed E-state index contributed by atoms with van der Waals surface area (Å²) in [5.41, 5.74) is 0.205. The Bertz CT molecular complexity index is 1030. The van der Waals surface area contributed by atoms with Crippen LogP contribution >= 0.6 is 23.1 Å². The van der Waals surface area contributed by atoms with Gasteiger partial charge in [0.1, 0.15) is 12.4 Å². The van der Waals surface area contributed by atoms with Crippen LogP contribution in [0.25, 0.3) is 4.96 Å². The fourth-order valence-electron chi connectivity index (χ4n) is 2.13. The third-order valence-corrected chi connectivity index (χ3v) is 5.00. The summed E-state index contributed by atoms with van der Waals surface area (Å²) in [4.78, 5) is 40.1. The van der Waals surface area contributed by atoms with E-state index in [1.165, 1.54) is 40.0 Å².